The van der Waals surface area contributed by atoms with Crippen LogP contribution in [0.2, 0.25) is 0 Å². The highest BCUT2D eigenvalue weighted by molar-refractivity contribution is 5.76. The molecule has 3 N–H and O–H groups in total. The summed E-state index contributed by atoms with van der Waals surface area (Å²) < 4.78 is 5.22. The standard InChI is InChI=1S/C9H18N2O3/c1-7(12)5-11-9(13)4-8-6-14-3-2-10-8/h7-8,10,12H,2-6H2,1H3,(H,11,13)/t7-,8?/m1/s1. The molecule has 0 radical (unpaired) electrons. The number of hydrogen-bond donors (Lipinski definition) is 3. The molecular weight excluding hydrogens is 184 g/mol. The van der Waals surface area contributed by atoms with Crippen molar-refractivity contribution >= 4 is 5.91 Å². The van der Waals surface area contributed by atoms with E-state index in [4.69, 9.17) is 9.84 Å². The van der Waals surface area contributed by atoms with Crippen LogP contribution in [0.5, 0.6) is 0 Å². The van der Waals surface area contributed by atoms with Crippen LogP contribution in [0.15, 0.2) is 0 Å². The minimum Gasteiger partial charge on any atom is -0.392 e. The lowest BCUT2D eigenvalue weighted by Crippen LogP contribution is -2.44. The zero-order valence-corrected chi connectivity index (χ0v) is 8.45. The Hall–Kier alpha value is -0.650. The van der Waals surface area contributed by atoms with E-state index in [1.807, 2.05) is 0 Å². The molecule has 0 aliphatic carbocycles. The molecule has 1 rings (SSSR count). The minimum absolute atomic E-state index is 0.0473. The highest BCUT2D eigenvalue weighted by Gasteiger charge is 2.16. The van der Waals surface area contributed by atoms with Gasteiger partial charge in [-0.2, -0.15) is 0 Å². The van der Waals surface area contributed by atoms with Gasteiger partial charge >= 0.3 is 0 Å². The molecule has 0 saturated carbocycles. The predicted molar refractivity (Wildman–Crippen MR) is 51.9 cm³/mol. The lowest BCUT2D eigenvalue weighted by Gasteiger charge is -2.23. The van der Waals surface area contributed by atoms with E-state index in [2.05, 4.69) is 10.6 Å². The second kappa shape index (κ2) is 5.95. The van der Waals surface area contributed by atoms with Gasteiger partial charge in [-0.25, -0.2) is 0 Å². The monoisotopic (exact) mass is 202 g/mol. The molecule has 1 heterocycles. The number of ether oxygens (including phenoxy) is 1. The predicted octanol–water partition coefficient (Wildman–Crippen LogP) is -1.14. The molecule has 5 nitrogen and oxygen atoms in total. The molecule has 0 aromatic carbocycles. The zero-order chi connectivity index (χ0) is 10.4. The van der Waals surface area contributed by atoms with Crippen molar-refractivity contribution < 1.29 is 14.6 Å². The summed E-state index contributed by atoms with van der Waals surface area (Å²) in [5.74, 6) is -0.0473. The molecule has 0 spiro atoms. The molecule has 14 heavy (non-hydrogen) atoms. The Bertz CT molecular complexity index is 179. The lowest BCUT2D eigenvalue weighted by atomic mass is 10.2. The van der Waals surface area contributed by atoms with Crippen LogP contribution in [0, 0.1) is 0 Å². The number of carbonyl (C=O) groups excluding carboxylic acids is 1. The van der Waals surface area contributed by atoms with Gasteiger partial charge in [0.15, 0.2) is 0 Å². The Morgan fingerprint density at radius 1 is 1.79 bits per heavy atom. The summed E-state index contributed by atoms with van der Waals surface area (Å²) in [6.07, 6.45) is -0.0817. The smallest absolute Gasteiger partial charge is 0.221 e. The molecule has 1 fully saturated rings. The first-order chi connectivity index (χ1) is 6.68. The van der Waals surface area contributed by atoms with E-state index in [1.54, 1.807) is 6.92 Å². The van der Waals surface area contributed by atoms with Gasteiger partial charge in [-0.05, 0) is 6.92 Å². The maximum atomic E-state index is 11.3. The molecule has 1 amide bonds. The highest BCUT2D eigenvalue weighted by atomic mass is 16.5. The van der Waals surface area contributed by atoms with Crippen molar-refractivity contribution in [3.8, 4) is 0 Å². The van der Waals surface area contributed by atoms with E-state index in [-0.39, 0.29) is 11.9 Å². The fourth-order valence-corrected chi connectivity index (χ4v) is 1.31. The number of amides is 1. The molecule has 2 atom stereocenters. The third-order valence-electron chi connectivity index (χ3n) is 2.02. The van der Waals surface area contributed by atoms with Crippen molar-refractivity contribution in [3.63, 3.8) is 0 Å². The van der Waals surface area contributed by atoms with Gasteiger partial charge in [-0.1, -0.05) is 0 Å². The van der Waals surface area contributed by atoms with Crippen LogP contribution in [-0.4, -0.2) is 49.5 Å². The summed E-state index contributed by atoms with van der Waals surface area (Å²) in [4.78, 5) is 11.3. The van der Waals surface area contributed by atoms with Crippen molar-refractivity contribution in [2.75, 3.05) is 26.3 Å². The molecule has 1 saturated heterocycles. The third-order valence-corrected chi connectivity index (χ3v) is 2.02. The molecule has 1 aliphatic heterocycles. The van der Waals surface area contributed by atoms with Crippen LogP contribution >= 0.6 is 0 Å². The number of aliphatic hydroxyl groups excluding tert-OH is 1. The zero-order valence-electron chi connectivity index (χ0n) is 8.45. The summed E-state index contributed by atoms with van der Waals surface area (Å²) in [6.45, 7) is 4.05. The van der Waals surface area contributed by atoms with Crippen LogP contribution in [-0.2, 0) is 9.53 Å². The summed E-state index contributed by atoms with van der Waals surface area (Å²) in [6, 6.07) is 0.109. The van der Waals surface area contributed by atoms with Gasteiger partial charge in [0.05, 0.1) is 19.3 Å². The minimum atomic E-state index is -0.491. The number of aliphatic hydroxyl groups is 1. The van der Waals surface area contributed by atoms with Gasteiger partial charge in [0.25, 0.3) is 0 Å². The van der Waals surface area contributed by atoms with E-state index >= 15 is 0 Å². The van der Waals surface area contributed by atoms with Gasteiger partial charge in [0.1, 0.15) is 0 Å². The SMILES string of the molecule is C[C@@H](O)CNC(=O)CC1COCCN1. The van der Waals surface area contributed by atoms with E-state index in [9.17, 15) is 4.79 Å². The number of morpholine rings is 1. The van der Waals surface area contributed by atoms with Crippen molar-refractivity contribution in [2.45, 2.75) is 25.5 Å². The molecule has 0 aromatic heterocycles. The van der Waals surface area contributed by atoms with E-state index in [1.165, 1.54) is 0 Å². The van der Waals surface area contributed by atoms with Crippen molar-refractivity contribution in [1.29, 1.82) is 0 Å². The van der Waals surface area contributed by atoms with Gasteiger partial charge in [0.2, 0.25) is 5.91 Å². The molecule has 5 heteroatoms. The quantitative estimate of drug-likeness (QED) is 0.539. The van der Waals surface area contributed by atoms with E-state index in [0.29, 0.717) is 26.2 Å². The summed E-state index contributed by atoms with van der Waals surface area (Å²) in [7, 11) is 0. The Morgan fingerprint density at radius 3 is 3.14 bits per heavy atom. The molecule has 1 unspecified atom stereocenters. The van der Waals surface area contributed by atoms with E-state index in [0.717, 1.165) is 6.54 Å². The average molecular weight is 202 g/mol. The largest absolute Gasteiger partial charge is 0.392 e. The maximum Gasteiger partial charge on any atom is 0.221 e. The molecule has 82 valence electrons. The molecule has 0 bridgehead atoms. The topological polar surface area (TPSA) is 70.6 Å². The average Bonchev–Trinajstić information content (AvgIpc) is 2.16. The Balaban J connectivity index is 2.12. The van der Waals surface area contributed by atoms with Gasteiger partial charge in [0, 0.05) is 25.6 Å². The van der Waals surface area contributed by atoms with Crippen LogP contribution in [0.25, 0.3) is 0 Å². The van der Waals surface area contributed by atoms with Crippen molar-refractivity contribution in [3.05, 3.63) is 0 Å². The summed E-state index contributed by atoms with van der Waals surface area (Å²) >= 11 is 0. The number of nitrogens with one attached hydrogen (secondary N) is 2. The fourth-order valence-electron chi connectivity index (χ4n) is 1.31. The summed E-state index contributed by atoms with van der Waals surface area (Å²) in [5, 5.41) is 14.8. The highest BCUT2D eigenvalue weighted by Crippen LogP contribution is 1.97. The Labute approximate surface area is 83.8 Å². The number of rotatable bonds is 4. The molecular formula is C9H18N2O3. The third kappa shape index (κ3) is 4.55. The van der Waals surface area contributed by atoms with Crippen LogP contribution < -0.4 is 10.6 Å². The normalized spacial score (nSPS) is 24.3. The Morgan fingerprint density at radius 2 is 2.57 bits per heavy atom. The van der Waals surface area contributed by atoms with E-state index < -0.39 is 6.10 Å². The van der Waals surface area contributed by atoms with Crippen LogP contribution in [0.1, 0.15) is 13.3 Å². The number of carbonyl (C=O) groups is 1. The first-order valence-corrected chi connectivity index (χ1v) is 4.94. The first kappa shape index (κ1) is 11.4. The second-order valence-electron chi connectivity index (χ2n) is 3.58. The van der Waals surface area contributed by atoms with Crippen LogP contribution in [0.4, 0.5) is 0 Å². The van der Waals surface area contributed by atoms with Crippen molar-refractivity contribution in [2.24, 2.45) is 0 Å². The molecule has 0 aromatic rings. The second-order valence-corrected chi connectivity index (χ2v) is 3.58. The van der Waals surface area contributed by atoms with Gasteiger partial charge < -0.3 is 20.5 Å². The van der Waals surface area contributed by atoms with Gasteiger partial charge in [-0.3, -0.25) is 4.79 Å². The summed E-state index contributed by atoms with van der Waals surface area (Å²) in [5.41, 5.74) is 0. The molecule has 1 aliphatic rings. The lowest BCUT2D eigenvalue weighted by molar-refractivity contribution is -0.122. The van der Waals surface area contributed by atoms with Crippen LogP contribution in [0.3, 0.4) is 0 Å². The number of hydrogen-bond acceptors (Lipinski definition) is 4. The van der Waals surface area contributed by atoms with Crippen molar-refractivity contribution in [1.82, 2.24) is 10.6 Å². The maximum absolute atomic E-state index is 11.3. The Kier molecular flexibility index (Phi) is 4.86. The van der Waals surface area contributed by atoms with Gasteiger partial charge in [-0.15, -0.1) is 0 Å². The fraction of sp³-hybridized carbons (Fsp3) is 0.889. The first-order valence-electron chi connectivity index (χ1n) is 4.94.